The van der Waals surface area contributed by atoms with E-state index < -0.39 is 16.0 Å². The van der Waals surface area contributed by atoms with Gasteiger partial charge < -0.3 is 5.11 Å². The minimum absolute atomic E-state index is 0.0154. The van der Waals surface area contributed by atoms with Crippen LogP contribution in [0.3, 0.4) is 0 Å². The molecule has 0 unspecified atom stereocenters. The van der Waals surface area contributed by atoms with Crippen LogP contribution in [0.2, 0.25) is 0 Å². The first kappa shape index (κ1) is 15.1. The van der Waals surface area contributed by atoms with E-state index in [1.807, 2.05) is 6.07 Å². The summed E-state index contributed by atoms with van der Waals surface area (Å²) >= 11 is 0. The van der Waals surface area contributed by atoms with E-state index in [0.29, 0.717) is 0 Å². The third kappa shape index (κ3) is 4.04. The predicted molar refractivity (Wildman–Crippen MR) is 64.5 cm³/mol. The Hall–Kier alpha value is -1.92. The SMILES string of the molecule is CN(CCC#N)S(=O)(=O)c1cnn(CCC(=O)O)c1. The van der Waals surface area contributed by atoms with Crippen LogP contribution in [-0.4, -0.2) is 47.2 Å². The monoisotopic (exact) mass is 286 g/mol. The Kier molecular flexibility index (Phi) is 5.02. The normalized spacial score (nSPS) is 11.4. The van der Waals surface area contributed by atoms with Crippen molar-refractivity contribution in [3.63, 3.8) is 0 Å². The van der Waals surface area contributed by atoms with E-state index in [-0.39, 0.29) is 30.8 Å². The molecule has 0 bridgehead atoms. The van der Waals surface area contributed by atoms with Crippen molar-refractivity contribution in [3.8, 4) is 6.07 Å². The average Bonchev–Trinajstić information content (AvgIpc) is 2.82. The van der Waals surface area contributed by atoms with Gasteiger partial charge in [0.05, 0.1) is 25.2 Å². The molecule has 0 atom stereocenters. The van der Waals surface area contributed by atoms with E-state index >= 15 is 0 Å². The Balaban J connectivity index is 2.79. The second-order valence-corrected chi connectivity index (χ2v) is 5.86. The van der Waals surface area contributed by atoms with E-state index in [0.717, 1.165) is 4.31 Å². The summed E-state index contributed by atoms with van der Waals surface area (Å²) in [5, 5.41) is 20.8. The highest BCUT2D eigenvalue weighted by atomic mass is 32.2. The molecule has 0 aliphatic heterocycles. The molecule has 0 saturated carbocycles. The number of aryl methyl sites for hydroxylation is 1. The number of aromatic nitrogens is 2. The topological polar surface area (TPSA) is 116 Å². The number of aliphatic carboxylic acids is 1. The summed E-state index contributed by atoms with van der Waals surface area (Å²) in [6.45, 7) is 0.200. The van der Waals surface area contributed by atoms with E-state index in [9.17, 15) is 13.2 Å². The van der Waals surface area contributed by atoms with Gasteiger partial charge in [0.15, 0.2) is 0 Å². The summed E-state index contributed by atoms with van der Waals surface area (Å²) in [5.74, 6) is -0.981. The third-order valence-corrected chi connectivity index (χ3v) is 4.22. The van der Waals surface area contributed by atoms with Gasteiger partial charge in [-0.1, -0.05) is 0 Å². The number of carboxylic acids is 1. The summed E-state index contributed by atoms with van der Waals surface area (Å²) in [6, 6.07) is 1.87. The highest BCUT2D eigenvalue weighted by molar-refractivity contribution is 7.89. The van der Waals surface area contributed by atoms with E-state index in [2.05, 4.69) is 5.10 Å². The van der Waals surface area contributed by atoms with Gasteiger partial charge in [-0.15, -0.1) is 0 Å². The quantitative estimate of drug-likeness (QED) is 0.747. The zero-order valence-electron chi connectivity index (χ0n) is 10.4. The van der Waals surface area contributed by atoms with Gasteiger partial charge in [0.2, 0.25) is 10.0 Å². The number of carbonyl (C=O) groups is 1. The molecule has 1 heterocycles. The Labute approximate surface area is 110 Å². The fourth-order valence-electron chi connectivity index (χ4n) is 1.32. The first-order valence-corrected chi connectivity index (χ1v) is 6.89. The number of sulfonamides is 1. The van der Waals surface area contributed by atoms with Crippen LogP contribution in [0, 0.1) is 11.3 Å². The van der Waals surface area contributed by atoms with E-state index in [1.54, 1.807) is 0 Å². The molecule has 0 aliphatic rings. The van der Waals surface area contributed by atoms with Gasteiger partial charge in [0.1, 0.15) is 4.90 Å². The maximum atomic E-state index is 12.0. The fourth-order valence-corrected chi connectivity index (χ4v) is 2.44. The van der Waals surface area contributed by atoms with Crippen molar-refractivity contribution in [2.75, 3.05) is 13.6 Å². The second-order valence-electron chi connectivity index (χ2n) is 3.82. The molecule has 0 spiro atoms. The fraction of sp³-hybridized carbons (Fsp3) is 0.500. The maximum absolute atomic E-state index is 12.0. The van der Waals surface area contributed by atoms with Crippen LogP contribution in [0.15, 0.2) is 17.3 Å². The van der Waals surface area contributed by atoms with Crippen LogP contribution >= 0.6 is 0 Å². The molecule has 1 N–H and O–H groups in total. The lowest BCUT2D eigenvalue weighted by atomic mass is 10.4. The molecule has 0 fully saturated rings. The molecule has 0 amide bonds. The molecular weight excluding hydrogens is 272 g/mol. The third-order valence-electron chi connectivity index (χ3n) is 2.41. The van der Waals surface area contributed by atoms with Gasteiger partial charge in [-0.2, -0.15) is 14.7 Å². The van der Waals surface area contributed by atoms with Crippen LogP contribution in [-0.2, 0) is 21.4 Å². The van der Waals surface area contributed by atoms with E-state index in [4.69, 9.17) is 10.4 Å². The molecule has 0 aliphatic carbocycles. The lowest BCUT2D eigenvalue weighted by molar-refractivity contribution is -0.137. The predicted octanol–water partition coefficient (Wildman–Crippen LogP) is -0.108. The van der Waals surface area contributed by atoms with Crippen molar-refractivity contribution in [1.29, 1.82) is 5.26 Å². The summed E-state index contributed by atoms with van der Waals surface area (Å²) in [7, 11) is -2.30. The molecular formula is C10H14N4O4S. The second kappa shape index (κ2) is 6.31. The number of rotatable bonds is 7. The lowest BCUT2D eigenvalue weighted by Crippen LogP contribution is -2.27. The smallest absolute Gasteiger partial charge is 0.305 e. The lowest BCUT2D eigenvalue weighted by Gasteiger charge is -2.13. The minimum atomic E-state index is -3.68. The molecule has 104 valence electrons. The van der Waals surface area contributed by atoms with Gasteiger partial charge in [-0.05, 0) is 0 Å². The molecule has 1 aromatic heterocycles. The Morgan fingerprint density at radius 2 is 2.32 bits per heavy atom. The molecule has 9 heteroatoms. The van der Waals surface area contributed by atoms with Gasteiger partial charge >= 0.3 is 5.97 Å². The highest BCUT2D eigenvalue weighted by Gasteiger charge is 2.22. The first-order chi connectivity index (χ1) is 8.87. The van der Waals surface area contributed by atoms with Gasteiger partial charge in [-0.25, -0.2) is 8.42 Å². The van der Waals surface area contributed by atoms with Crippen molar-refractivity contribution in [2.24, 2.45) is 0 Å². The number of nitrogens with zero attached hydrogens (tertiary/aromatic N) is 4. The van der Waals surface area contributed by atoms with Crippen molar-refractivity contribution >= 4 is 16.0 Å². The highest BCUT2D eigenvalue weighted by Crippen LogP contribution is 2.13. The Bertz CT molecular complexity index is 587. The van der Waals surface area contributed by atoms with Crippen molar-refractivity contribution in [3.05, 3.63) is 12.4 Å². The summed E-state index contributed by atoms with van der Waals surface area (Å²) in [5.41, 5.74) is 0. The van der Waals surface area contributed by atoms with Gasteiger partial charge in [0, 0.05) is 26.2 Å². The maximum Gasteiger partial charge on any atom is 0.305 e. The standard InChI is InChI=1S/C10H14N4O4S/c1-13(5-2-4-11)19(17,18)9-7-12-14(8-9)6-3-10(15)16/h7-8H,2-3,5-6H2,1H3,(H,15,16). The van der Waals surface area contributed by atoms with Gasteiger partial charge in [-0.3, -0.25) is 9.48 Å². The van der Waals surface area contributed by atoms with Crippen molar-refractivity contribution < 1.29 is 18.3 Å². The zero-order chi connectivity index (χ0) is 14.5. The van der Waals surface area contributed by atoms with E-state index in [1.165, 1.54) is 24.1 Å². The molecule has 1 aromatic rings. The largest absolute Gasteiger partial charge is 0.481 e. The summed E-state index contributed by atoms with van der Waals surface area (Å²) < 4.78 is 26.4. The zero-order valence-corrected chi connectivity index (χ0v) is 11.2. The first-order valence-electron chi connectivity index (χ1n) is 5.45. The number of nitriles is 1. The van der Waals surface area contributed by atoms with Crippen LogP contribution < -0.4 is 0 Å². The van der Waals surface area contributed by atoms with Crippen LogP contribution in [0.4, 0.5) is 0 Å². The van der Waals surface area contributed by atoms with Crippen LogP contribution in [0.1, 0.15) is 12.8 Å². The Morgan fingerprint density at radius 1 is 1.63 bits per heavy atom. The van der Waals surface area contributed by atoms with Crippen LogP contribution in [0.5, 0.6) is 0 Å². The number of hydrogen-bond donors (Lipinski definition) is 1. The number of hydrogen-bond acceptors (Lipinski definition) is 5. The molecule has 0 radical (unpaired) electrons. The molecule has 19 heavy (non-hydrogen) atoms. The number of carboxylic acid groups (broad SMARTS) is 1. The van der Waals surface area contributed by atoms with Crippen LogP contribution in [0.25, 0.3) is 0 Å². The Morgan fingerprint density at radius 3 is 2.89 bits per heavy atom. The molecule has 0 aromatic carbocycles. The average molecular weight is 286 g/mol. The van der Waals surface area contributed by atoms with Crippen molar-refractivity contribution in [2.45, 2.75) is 24.3 Å². The minimum Gasteiger partial charge on any atom is -0.481 e. The summed E-state index contributed by atoms with van der Waals surface area (Å²) in [4.78, 5) is 10.4. The molecule has 0 saturated heterocycles. The van der Waals surface area contributed by atoms with Crippen molar-refractivity contribution in [1.82, 2.24) is 14.1 Å². The summed E-state index contributed by atoms with van der Waals surface area (Å²) in [6.07, 6.45) is 2.41. The van der Waals surface area contributed by atoms with Gasteiger partial charge in [0.25, 0.3) is 0 Å². The molecule has 1 rings (SSSR count). The molecule has 8 nitrogen and oxygen atoms in total.